The molecule has 4 rings (SSSR count). The van der Waals surface area contributed by atoms with Gasteiger partial charge in [0.05, 0.1) is 6.61 Å². The van der Waals surface area contributed by atoms with Crippen molar-refractivity contribution in [1.29, 1.82) is 0 Å². The van der Waals surface area contributed by atoms with Gasteiger partial charge in [0, 0.05) is 37.8 Å². The van der Waals surface area contributed by atoms with E-state index < -0.39 is 6.36 Å². The number of benzene rings is 1. The third-order valence-corrected chi connectivity index (χ3v) is 6.99. The van der Waals surface area contributed by atoms with E-state index in [-0.39, 0.29) is 24.3 Å². The Kier molecular flexibility index (Phi) is 7.01. The molecule has 1 N–H and O–H groups in total. The molecule has 2 saturated heterocycles. The number of aliphatic hydroxyl groups is 1. The predicted molar refractivity (Wildman–Crippen MR) is 119 cm³/mol. The summed E-state index contributed by atoms with van der Waals surface area (Å²) >= 11 is 3.36. The second-order valence-electron chi connectivity index (χ2n) is 8.45. The molecule has 0 bridgehead atoms. The topological polar surface area (TPSA) is 70.8 Å². The van der Waals surface area contributed by atoms with E-state index in [0.29, 0.717) is 40.8 Å². The number of rotatable bonds is 5. The van der Waals surface area contributed by atoms with Crippen LogP contribution in [0.3, 0.4) is 0 Å². The molecule has 1 atom stereocenters. The number of imidazole rings is 1. The molecular formula is C22H26BrF3N4O3. The normalized spacial score (nSPS) is 20.4. The third-order valence-electron chi connectivity index (χ3n) is 6.44. The second-order valence-corrected chi connectivity index (χ2v) is 9.20. The molecule has 1 aromatic heterocycles. The predicted octanol–water partition coefficient (Wildman–Crippen LogP) is 3.81. The van der Waals surface area contributed by atoms with Crippen molar-refractivity contribution in [3.8, 4) is 17.1 Å². The van der Waals surface area contributed by atoms with Gasteiger partial charge < -0.3 is 19.3 Å². The standard InChI is InChI=1S/C22H26BrF3N4O3/c1-28-18(19(23)27-20(28)14-4-2-6-17(12-14)33-22(24,25)26)21(32)29-10-7-15(8-11-29)30-9-3-5-16(30)13-31/h2,4,6,12,15-16,31H,3,5,7-11,13H2,1H3. The maximum atomic E-state index is 13.3. The molecule has 0 saturated carbocycles. The number of nitrogens with zero attached hydrogens (tertiary/aromatic N) is 4. The van der Waals surface area contributed by atoms with Crippen LogP contribution in [0, 0.1) is 0 Å². The largest absolute Gasteiger partial charge is 0.573 e. The summed E-state index contributed by atoms with van der Waals surface area (Å²) in [5.41, 5.74) is 0.752. The van der Waals surface area contributed by atoms with Crippen LogP contribution in [0.4, 0.5) is 13.2 Å². The summed E-state index contributed by atoms with van der Waals surface area (Å²) in [6, 6.07) is 6.09. The highest BCUT2D eigenvalue weighted by Crippen LogP contribution is 2.31. The molecular weight excluding hydrogens is 505 g/mol. The van der Waals surface area contributed by atoms with Crippen molar-refractivity contribution < 1.29 is 27.8 Å². The fourth-order valence-electron chi connectivity index (χ4n) is 4.87. The zero-order valence-corrected chi connectivity index (χ0v) is 19.8. The first kappa shape index (κ1) is 24.0. The summed E-state index contributed by atoms with van der Waals surface area (Å²) in [7, 11) is 1.67. The lowest BCUT2D eigenvalue weighted by molar-refractivity contribution is -0.274. The van der Waals surface area contributed by atoms with E-state index >= 15 is 0 Å². The highest BCUT2D eigenvalue weighted by atomic mass is 79.9. The van der Waals surface area contributed by atoms with Gasteiger partial charge in [-0.25, -0.2) is 4.98 Å². The van der Waals surface area contributed by atoms with Crippen LogP contribution < -0.4 is 4.74 Å². The van der Waals surface area contributed by atoms with E-state index in [0.717, 1.165) is 32.2 Å². The Morgan fingerprint density at radius 3 is 2.64 bits per heavy atom. The Bertz CT molecular complexity index is 1010. The van der Waals surface area contributed by atoms with Crippen LogP contribution in [-0.2, 0) is 7.05 Å². The fraction of sp³-hybridized carbons (Fsp3) is 0.545. The number of likely N-dealkylation sites (tertiary alicyclic amines) is 2. The Hall–Kier alpha value is -2.11. The summed E-state index contributed by atoms with van der Waals surface area (Å²) in [6.07, 6.45) is -1.02. The van der Waals surface area contributed by atoms with Crippen LogP contribution in [0.15, 0.2) is 28.9 Å². The number of alkyl halides is 3. The first-order chi connectivity index (χ1) is 15.7. The zero-order valence-electron chi connectivity index (χ0n) is 18.2. The SMILES string of the molecule is Cn1c(-c2cccc(OC(F)(F)F)c2)nc(Br)c1C(=O)N1CCC(N2CCCC2CO)CC1. The number of amides is 1. The van der Waals surface area contributed by atoms with E-state index in [1.807, 2.05) is 0 Å². The van der Waals surface area contributed by atoms with Gasteiger partial charge in [0.15, 0.2) is 0 Å². The zero-order chi connectivity index (χ0) is 23.8. The Labute approximate surface area is 198 Å². The van der Waals surface area contributed by atoms with Crippen molar-refractivity contribution in [3.63, 3.8) is 0 Å². The third kappa shape index (κ3) is 5.20. The molecule has 1 amide bonds. The van der Waals surface area contributed by atoms with Gasteiger partial charge in [-0.2, -0.15) is 0 Å². The lowest BCUT2D eigenvalue weighted by Crippen LogP contribution is -2.49. The monoisotopic (exact) mass is 530 g/mol. The number of aromatic nitrogens is 2. The van der Waals surface area contributed by atoms with Gasteiger partial charge in [-0.3, -0.25) is 9.69 Å². The molecule has 7 nitrogen and oxygen atoms in total. The van der Waals surface area contributed by atoms with Gasteiger partial charge in [-0.1, -0.05) is 12.1 Å². The molecule has 2 aliphatic heterocycles. The number of halogens is 4. The van der Waals surface area contributed by atoms with Gasteiger partial charge >= 0.3 is 6.36 Å². The molecule has 1 aromatic carbocycles. The van der Waals surface area contributed by atoms with Crippen molar-refractivity contribution in [3.05, 3.63) is 34.6 Å². The van der Waals surface area contributed by atoms with Crippen LogP contribution in [0.25, 0.3) is 11.4 Å². The Morgan fingerprint density at radius 1 is 1.24 bits per heavy atom. The van der Waals surface area contributed by atoms with Crippen LogP contribution in [0.2, 0.25) is 0 Å². The molecule has 0 radical (unpaired) electrons. The molecule has 11 heteroatoms. The van der Waals surface area contributed by atoms with Crippen LogP contribution in [0.5, 0.6) is 5.75 Å². The molecule has 180 valence electrons. The maximum Gasteiger partial charge on any atom is 0.573 e. The number of hydrogen-bond donors (Lipinski definition) is 1. The van der Waals surface area contributed by atoms with Crippen molar-refractivity contribution in [2.24, 2.45) is 7.05 Å². The minimum absolute atomic E-state index is 0.166. The lowest BCUT2D eigenvalue weighted by atomic mass is 10.0. The van der Waals surface area contributed by atoms with Gasteiger partial charge in [0.2, 0.25) is 0 Å². The Morgan fingerprint density at radius 2 is 1.97 bits per heavy atom. The van der Waals surface area contributed by atoms with E-state index in [1.165, 1.54) is 18.2 Å². The quantitative estimate of drug-likeness (QED) is 0.636. The van der Waals surface area contributed by atoms with E-state index in [4.69, 9.17) is 0 Å². The minimum atomic E-state index is -4.79. The molecule has 33 heavy (non-hydrogen) atoms. The van der Waals surface area contributed by atoms with Crippen molar-refractivity contribution in [2.75, 3.05) is 26.2 Å². The van der Waals surface area contributed by atoms with Gasteiger partial charge in [-0.05, 0) is 60.3 Å². The summed E-state index contributed by atoms with van der Waals surface area (Å²) in [6.45, 7) is 2.34. The average Bonchev–Trinajstić information content (AvgIpc) is 3.36. The van der Waals surface area contributed by atoms with Crippen LogP contribution in [-0.4, -0.2) is 75.1 Å². The number of ether oxygens (including phenoxy) is 1. The molecule has 2 aromatic rings. The minimum Gasteiger partial charge on any atom is -0.406 e. The number of piperidine rings is 1. The van der Waals surface area contributed by atoms with Crippen LogP contribution >= 0.6 is 15.9 Å². The molecule has 3 heterocycles. The van der Waals surface area contributed by atoms with Crippen molar-refractivity contribution >= 4 is 21.8 Å². The summed E-state index contributed by atoms with van der Waals surface area (Å²) in [4.78, 5) is 21.8. The van der Waals surface area contributed by atoms with E-state index in [9.17, 15) is 23.1 Å². The highest BCUT2D eigenvalue weighted by molar-refractivity contribution is 9.10. The second kappa shape index (κ2) is 9.63. The Balaban J connectivity index is 1.48. The first-order valence-corrected chi connectivity index (χ1v) is 11.7. The van der Waals surface area contributed by atoms with Crippen LogP contribution in [0.1, 0.15) is 36.2 Å². The molecule has 1 unspecified atom stereocenters. The number of carbonyl (C=O) groups is 1. The van der Waals surface area contributed by atoms with Gasteiger partial charge in [-0.15, -0.1) is 13.2 Å². The lowest BCUT2D eigenvalue weighted by Gasteiger charge is -2.39. The van der Waals surface area contributed by atoms with E-state index in [2.05, 4.69) is 30.6 Å². The molecule has 0 aliphatic carbocycles. The summed E-state index contributed by atoms with van der Waals surface area (Å²) in [5, 5.41) is 9.60. The fourth-order valence-corrected chi connectivity index (χ4v) is 5.48. The van der Waals surface area contributed by atoms with Gasteiger partial charge in [0.25, 0.3) is 5.91 Å². The number of aliphatic hydroxyl groups excluding tert-OH is 1. The maximum absolute atomic E-state index is 13.3. The molecule has 2 aliphatic rings. The van der Waals surface area contributed by atoms with Crippen molar-refractivity contribution in [1.82, 2.24) is 19.4 Å². The average molecular weight is 531 g/mol. The summed E-state index contributed by atoms with van der Waals surface area (Å²) < 4.78 is 43.7. The number of carbonyl (C=O) groups excluding carboxylic acids is 1. The molecule has 2 fully saturated rings. The van der Waals surface area contributed by atoms with Crippen molar-refractivity contribution in [2.45, 2.75) is 44.1 Å². The highest BCUT2D eigenvalue weighted by Gasteiger charge is 2.35. The number of hydrogen-bond acceptors (Lipinski definition) is 5. The summed E-state index contributed by atoms with van der Waals surface area (Å²) in [5.74, 6) is -0.169. The smallest absolute Gasteiger partial charge is 0.406 e. The first-order valence-electron chi connectivity index (χ1n) is 10.9. The van der Waals surface area contributed by atoms with E-state index in [1.54, 1.807) is 22.6 Å². The molecule has 0 spiro atoms. The van der Waals surface area contributed by atoms with Gasteiger partial charge in [0.1, 0.15) is 21.9 Å².